The van der Waals surface area contributed by atoms with E-state index in [1.165, 1.54) is 23.8 Å². The van der Waals surface area contributed by atoms with Crippen molar-refractivity contribution in [1.29, 1.82) is 0 Å². The van der Waals surface area contributed by atoms with Crippen LogP contribution in [0.2, 0.25) is 0 Å². The number of fused-ring (bicyclic) bond motifs is 1. The van der Waals surface area contributed by atoms with Crippen molar-refractivity contribution in [3.63, 3.8) is 0 Å². The van der Waals surface area contributed by atoms with Gasteiger partial charge in [0.25, 0.3) is 0 Å². The molecule has 0 bridgehead atoms. The maximum atomic E-state index is 13.1. The van der Waals surface area contributed by atoms with Gasteiger partial charge in [0, 0.05) is 31.2 Å². The molecule has 1 saturated carbocycles. The molecular weight excluding hydrogens is 354 g/mol. The molecule has 3 heterocycles. The van der Waals surface area contributed by atoms with Crippen LogP contribution >= 0.6 is 0 Å². The number of H-pyrrole nitrogens is 2. The highest BCUT2D eigenvalue weighted by atomic mass is 16.2. The Bertz CT molecular complexity index is 1070. The smallest absolute Gasteiger partial charge is 0.340 e. The number of aromatic amines is 2. The van der Waals surface area contributed by atoms with Crippen LogP contribution in [0.5, 0.6) is 0 Å². The monoisotopic (exact) mass is 379 g/mol. The summed E-state index contributed by atoms with van der Waals surface area (Å²) in [5.74, 6) is 1.79. The Morgan fingerprint density at radius 1 is 1.25 bits per heavy atom. The average Bonchev–Trinajstić information content (AvgIpc) is 3.10. The van der Waals surface area contributed by atoms with Gasteiger partial charge in [-0.15, -0.1) is 0 Å². The number of amides is 1. The standard InChI is InChI=1S/C21H25N5O2/c1-13-2-5-17-15(12-13)6-9-25(17)10-8-18(27)26-11-7-16(14-3-4-14)19(26)20-22-21(28)24-23-20/h2,5-6,9,12,14,16,19H,3-4,7-8,10-11H2,1H3,(H2,22,23,24,28). The third-order valence-electron chi connectivity index (χ3n) is 6.29. The normalized spacial score (nSPS) is 22.2. The molecule has 146 valence electrons. The second-order valence-electron chi connectivity index (χ2n) is 8.21. The first kappa shape index (κ1) is 17.3. The molecule has 2 atom stereocenters. The summed E-state index contributed by atoms with van der Waals surface area (Å²) in [4.78, 5) is 29.4. The zero-order valence-corrected chi connectivity index (χ0v) is 16.0. The Kier molecular flexibility index (Phi) is 4.10. The van der Waals surface area contributed by atoms with Crippen molar-refractivity contribution >= 4 is 16.8 Å². The van der Waals surface area contributed by atoms with Gasteiger partial charge in [-0.1, -0.05) is 11.6 Å². The van der Waals surface area contributed by atoms with Gasteiger partial charge in [0.1, 0.15) is 0 Å². The molecule has 2 N–H and O–H groups in total. The summed E-state index contributed by atoms with van der Waals surface area (Å²) < 4.78 is 2.15. The SMILES string of the molecule is Cc1ccc2c(ccn2CCC(=O)N2CCC(C3CC3)C2c2n[nH]c(=O)[nH]2)c1. The highest BCUT2D eigenvalue weighted by Gasteiger charge is 2.46. The average molecular weight is 379 g/mol. The fourth-order valence-corrected chi connectivity index (χ4v) is 4.76. The summed E-state index contributed by atoms with van der Waals surface area (Å²) in [5.41, 5.74) is 2.09. The van der Waals surface area contributed by atoms with E-state index in [0.29, 0.717) is 30.6 Å². The highest BCUT2D eigenvalue weighted by molar-refractivity contribution is 5.81. The molecule has 2 fully saturated rings. The van der Waals surface area contributed by atoms with Gasteiger partial charge in [0.2, 0.25) is 5.91 Å². The number of carbonyl (C=O) groups excluding carboxylic acids is 1. The van der Waals surface area contributed by atoms with Gasteiger partial charge in [-0.3, -0.25) is 9.78 Å². The topological polar surface area (TPSA) is 86.8 Å². The van der Waals surface area contributed by atoms with Crippen molar-refractivity contribution in [2.75, 3.05) is 6.54 Å². The second kappa shape index (κ2) is 6.65. The molecule has 0 spiro atoms. The van der Waals surface area contributed by atoms with E-state index in [2.05, 4.69) is 57.1 Å². The largest absolute Gasteiger partial charge is 0.347 e. The molecule has 3 aromatic rings. The van der Waals surface area contributed by atoms with Crippen molar-refractivity contribution in [3.05, 3.63) is 52.3 Å². The maximum absolute atomic E-state index is 13.1. The van der Waals surface area contributed by atoms with E-state index in [1.54, 1.807) is 0 Å². The molecule has 2 unspecified atom stereocenters. The van der Waals surface area contributed by atoms with Crippen LogP contribution in [0.3, 0.4) is 0 Å². The van der Waals surface area contributed by atoms with Crippen LogP contribution in [0.25, 0.3) is 10.9 Å². The fraction of sp³-hybridized carbons (Fsp3) is 0.476. The van der Waals surface area contributed by atoms with Crippen LogP contribution in [0, 0.1) is 18.8 Å². The van der Waals surface area contributed by atoms with Crippen molar-refractivity contribution in [1.82, 2.24) is 24.6 Å². The number of nitrogens with one attached hydrogen (secondary N) is 2. The zero-order valence-electron chi connectivity index (χ0n) is 16.0. The summed E-state index contributed by atoms with van der Waals surface area (Å²) in [6, 6.07) is 8.38. The van der Waals surface area contributed by atoms with Crippen LogP contribution in [0.15, 0.2) is 35.3 Å². The summed E-state index contributed by atoms with van der Waals surface area (Å²) >= 11 is 0. The lowest BCUT2D eigenvalue weighted by Gasteiger charge is -2.26. The van der Waals surface area contributed by atoms with Gasteiger partial charge in [0.05, 0.1) is 6.04 Å². The minimum atomic E-state index is -0.307. The number of carbonyl (C=O) groups is 1. The van der Waals surface area contributed by atoms with E-state index < -0.39 is 0 Å². The van der Waals surface area contributed by atoms with Crippen molar-refractivity contribution < 1.29 is 4.79 Å². The number of hydrogen-bond donors (Lipinski definition) is 2. The molecule has 28 heavy (non-hydrogen) atoms. The quantitative estimate of drug-likeness (QED) is 0.715. The lowest BCUT2D eigenvalue weighted by molar-refractivity contribution is -0.133. The van der Waals surface area contributed by atoms with Gasteiger partial charge in [-0.05, 0) is 61.6 Å². The van der Waals surface area contributed by atoms with Crippen LogP contribution in [0.1, 0.15) is 43.1 Å². The van der Waals surface area contributed by atoms with Crippen molar-refractivity contribution in [2.45, 2.75) is 45.2 Å². The third kappa shape index (κ3) is 3.04. The Morgan fingerprint density at radius 2 is 2.11 bits per heavy atom. The van der Waals surface area contributed by atoms with E-state index in [0.717, 1.165) is 18.5 Å². The number of aromatic nitrogens is 4. The molecule has 1 amide bonds. The maximum Gasteiger partial charge on any atom is 0.340 e. The first-order chi connectivity index (χ1) is 13.6. The zero-order chi connectivity index (χ0) is 19.3. The molecule has 1 aliphatic heterocycles. The Labute approximate surface area is 162 Å². The van der Waals surface area contributed by atoms with Crippen LogP contribution < -0.4 is 5.69 Å². The lowest BCUT2D eigenvalue weighted by Crippen LogP contribution is -2.33. The van der Waals surface area contributed by atoms with Gasteiger partial charge < -0.3 is 9.47 Å². The minimum Gasteiger partial charge on any atom is -0.347 e. The molecule has 2 aromatic heterocycles. The highest BCUT2D eigenvalue weighted by Crippen LogP contribution is 2.49. The van der Waals surface area contributed by atoms with E-state index in [1.807, 2.05) is 4.90 Å². The molecule has 1 aromatic carbocycles. The molecule has 2 aliphatic rings. The first-order valence-corrected chi connectivity index (χ1v) is 10.1. The van der Waals surface area contributed by atoms with Crippen molar-refractivity contribution in [2.24, 2.45) is 11.8 Å². The molecule has 5 rings (SSSR count). The number of benzene rings is 1. The molecular formula is C21H25N5O2. The van der Waals surface area contributed by atoms with Crippen LogP contribution in [-0.4, -0.2) is 37.1 Å². The van der Waals surface area contributed by atoms with Gasteiger partial charge >= 0.3 is 5.69 Å². The number of nitrogens with zero attached hydrogens (tertiary/aromatic N) is 3. The third-order valence-corrected chi connectivity index (χ3v) is 6.29. The molecule has 1 saturated heterocycles. The lowest BCUT2D eigenvalue weighted by atomic mass is 9.94. The number of hydrogen-bond acceptors (Lipinski definition) is 3. The molecule has 0 radical (unpaired) electrons. The number of rotatable bonds is 5. The number of likely N-dealkylation sites (tertiary alicyclic amines) is 1. The summed E-state index contributed by atoms with van der Waals surface area (Å²) in [6.45, 7) is 3.48. The minimum absolute atomic E-state index is 0.108. The summed E-state index contributed by atoms with van der Waals surface area (Å²) in [7, 11) is 0. The predicted octanol–water partition coefficient (Wildman–Crippen LogP) is 2.75. The first-order valence-electron chi connectivity index (χ1n) is 10.1. The second-order valence-corrected chi connectivity index (χ2v) is 8.21. The van der Waals surface area contributed by atoms with Crippen LogP contribution in [0.4, 0.5) is 0 Å². The van der Waals surface area contributed by atoms with Gasteiger partial charge in [-0.2, -0.15) is 5.10 Å². The fourth-order valence-electron chi connectivity index (χ4n) is 4.76. The van der Waals surface area contributed by atoms with E-state index >= 15 is 0 Å². The summed E-state index contributed by atoms with van der Waals surface area (Å²) in [6.07, 6.45) is 5.91. The van der Waals surface area contributed by atoms with E-state index in [-0.39, 0.29) is 17.6 Å². The Morgan fingerprint density at radius 3 is 2.86 bits per heavy atom. The van der Waals surface area contributed by atoms with Crippen molar-refractivity contribution in [3.8, 4) is 0 Å². The predicted molar refractivity (Wildman–Crippen MR) is 106 cm³/mol. The van der Waals surface area contributed by atoms with Gasteiger partial charge in [-0.25, -0.2) is 9.89 Å². The van der Waals surface area contributed by atoms with Gasteiger partial charge in [0.15, 0.2) is 5.82 Å². The molecule has 1 aliphatic carbocycles. The number of aryl methyl sites for hydroxylation is 2. The van der Waals surface area contributed by atoms with E-state index in [4.69, 9.17) is 0 Å². The summed E-state index contributed by atoms with van der Waals surface area (Å²) in [5, 5.41) is 7.82. The Hall–Kier alpha value is -2.83. The molecule has 7 nitrogen and oxygen atoms in total. The van der Waals surface area contributed by atoms with E-state index in [9.17, 15) is 9.59 Å². The van der Waals surface area contributed by atoms with Crippen LogP contribution in [-0.2, 0) is 11.3 Å². The molecule has 7 heteroatoms. The Balaban J connectivity index is 1.34.